The van der Waals surface area contributed by atoms with Gasteiger partial charge in [-0.25, -0.2) is 0 Å². The molecule has 3 heteroatoms. The third-order valence-corrected chi connectivity index (χ3v) is 3.80. The Kier molecular flexibility index (Phi) is 6.13. The summed E-state index contributed by atoms with van der Waals surface area (Å²) in [5.74, 6) is 2.55. The van der Waals surface area contributed by atoms with Crippen molar-refractivity contribution >= 4 is 0 Å². The van der Waals surface area contributed by atoms with Gasteiger partial charge in [-0.2, -0.15) is 0 Å². The monoisotopic (exact) mass is 300 g/mol. The van der Waals surface area contributed by atoms with E-state index in [2.05, 4.69) is 24.3 Å². The second-order valence-electron chi connectivity index (χ2n) is 5.21. The first-order chi connectivity index (χ1) is 10.8. The van der Waals surface area contributed by atoms with E-state index in [4.69, 9.17) is 14.2 Å². The summed E-state index contributed by atoms with van der Waals surface area (Å²) < 4.78 is 16.0. The Morgan fingerprint density at radius 1 is 0.682 bits per heavy atom. The van der Waals surface area contributed by atoms with E-state index in [1.165, 1.54) is 11.1 Å². The van der Waals surface area contributed by atoms with Gasteiger partial charge in [0.15, 0.2) is 11.5 Å². The Labute approximate surface area is 132 Å². The van der Waals surface area contributed by atoms with Gasteiger partial charge < -0.3 is 14.2 Å². The van der Waals surface area contributed by atoms with Gasteiger partial charge in [0.25, 0.3) is 0 Å². The van der Waals surface area contributed by atoms with E-state index >= 15 is 0 Å². The van der Waals surface area contributed by atoms with Gasteiger partial charge in [-0.05, 0) is 55.0 Å². The molecule has 2 aromatic carbocycles. The number of hydrogen-bond acceptors (Lipinski definition) is 3. The van der Waals surface area contributed by atoms with Crippen LogP contribution in [0.15, 0.2) is 42.5 Å². The van der Waals surface area contributed by atoms with Gasteiger partial charge in [0.2, 0.25) is 0 Å². The first-order valence-corrected chi connectivity index (χ1v) is 7.61. The molecule has 2 aromatic rings. The Morgan fingerprint density at radius 2 is 1.36 bits per heavy atom. The van der Waals surface area contributed by atoms with Crippen LogP contribution in [0.4, 0.5) is 0 Å². The number of benzene rings is 2. The fraction of sp³-hybridized carbons (Fsp3) is 0.368. The Morgan fingerprint density at radius 3 is 2.09 bits per heavy atom. The standard InChI is InChI=1S/C19H24O3/c1-20-17-11-7-6-10-16(17)9-5-4-8-15-12-13-18(21-2)19(14-15)22-3/h6-7,10-14H,4-5,8-9H2,1-3H3. The molecule has 0 saturated carbocycles. The molecule has 118 valence electrons. The fourth-order valence-electron chi connectivity index (χ4n) is 2.59. The van der Waals surface area contributed by atoms with Crippen LogP contribution in [0.3, 0.4) is 0 Å². The lowest BCUT2D eigenvalue weighted by molar-refractivity contribution is 0.354. The highest BCUT2D eigenvalue weighted by molar-refractivity contribution is 5.42. The molecule has 0 spiro atoms. The van der Waals surface area contributed by atoms with Crippen LogP contribution in [0.1, 0.15) is 24.0 Å². The average molecular weight is 300 g/mol. The van der Waals surface area contributed by atoms with Gasteiger partial charge in [-0.15, -0.1) is 0 Å². The normalized spacial score (nSPS) is 10.3. The van der Waals surface area contributed by atoms with E-state index in [0.29, 0.717) is 0 Å². The summed E-state index contributed by atoms with van der Waals surface area (Å²) in [6.07, 6.45) is 4.34. The molecule has 0 radical (unpaired) electrons. The van der Waals surface area contributed by atoms with Crippen molar-refractivity contribution < 1.29 is 14.2 Å². The maximum atomic E-state index is 5.39. The van der Waals surface area contributed by atoms with E-state index in [1.54, 1.807) is 21.3 Å². The van der Waals surface area contributed by atoms with Crippen LogP contribution in [-0.4, -0.2) is 21.3 Å². The number of unbranched alkanes of at least 4 members (excludes halogenated alkanes) is 1. The Balaban J connectivity index is 1.86. The van der Waals surface area contributed by atoms with Crippen LogP contribution < -0.4 is 14.2 Å². The molecular weight excluding hydrogens is 276 g/mol. The number of hydrogen-bond donors (Lipinski definition) is 0. The van der Waals surface area contributed by atoms with Crippen LogP contribution in [0.25, 0.3) is 0 Å². The third-order valence-electron chi connectivity index (χ3n) is 3.80. The number of para-hydroxylation sites is 1. The van der Waals surface area contributed by atoms with E-state index < -0.39 is 0 Å². The zero-order valence-electron chi connectivity index (χ0n) is 13.6. The van der Waals surface area contributed by atoms with Crippen molar-refractivity contribution in [2.45, 2.75) is 25.7 Å². The summed E-state index contributed by atoms with van der Waals surface area (Å²) in [7, 11) is 5.05. The van der Waals surface area contributed by atoms with Crippen molar-refractivity contribution in [2.24, 2.45) is 0 Å². The van der Waals surface area contributed by atoms with Crippen LogP contribution in [0.2, 0.25) is 0 Å². The number of ether oxygens (including phenoxy) is 3. The topological polar surface area (TPSA) is 27.7 Å². The number of rotatable bonds is 8. The smallest absolute Gasteiger partial charge is 0.160 e. The number of methoxy groups -OCH3 is 3. The van der Waals surface area contributed by atoms with Crippen molar-refractivity contribution in [1.29, 1.82) is 0 Å². The van der Waals surface area contributed by atoms with Crippen LogP contribution in [0.5, 0.6) is 17.2 Å². The van der Waals surface area contributed by atoms with Crippen LogP contribution in [0, 0.1) is 0 Å². The lowest BCUT2D eigenvalue weighted by Gasteiger charge is -2.10. The Hall–Kier alpha value is -2.16. The molecule has 0 aliphatic heterocycles. The average Bonchev–Trinajstić information content (AvgIpc) is 2.58. The van der Waals surface area contributed by atoms with Gasteiger partial charge in [0.1, 0.15) is 5.75 Å². The molecule has 3 nitrogen and oxygen atoms in total. The molecule has 0 aliphatic rings. The summed E-state index contributed by atoms with van der Waals surface area (Å²) in [6, 6.07) is 14.3. The third kappa shape index (κ3) is 4.17. The molecule has 0 N–H and O–H groups in total. The highest BCUT2D eigenvalue weighted by atomic mass is 16.5. The van der Waals surface area contributed by atoms with E-state index in [1.807, 2.05) is 18.2 Å². The molecule has 0 fully saturated rings. The predicted octanol–water partition coefficient (Wildman–Crippen LogP) is 4.28. The molecule has 0 aromatic heterocycles. The lowest BCUT2D eigenvalue weighted by atomic mass is 10.0. The number of aryl methyl sites for hydroxylation is 2. The van der Waals surface area contributed by atoms with Crippen molar-refractivity contribution in [1.82, 2.24) is 0 Å². The minimum Gasteiger partial charge on any atom is -0.496 e. The van der Waals surface area contributed by atoms with Crippen molar-refractivity contribution in [3.8, 4) is 17.2 Å². The second kappa shape index (κ2) is 8.32. The molecule has 0 heterocycles. The fourth-order valence-corrected chi connectivity index (χ4v) is 2.59. The molecule has 0 unspecified atom stereocenters. The van der Waals surface area contributed by atoms with Crippen molar-refractivity contribution in [2.75, 3.05) is 21.3 Å². The van der Waals surface area contributed by atoms with Gasteiger partial charge in [0.05, 0.1) is 21.3 Å². The molecule has 2 rings (SSSR count). The summed E-state index contributed by atoms with van der Waals surface area (Å²) in [5, 5.41) is 0. The van der Waals surface area contributed by atoms with Gasteiger partial charge in [0, 0.05) is 0 Å². The summed E-state index contributed by atoms with van der Waals surface area (Å²) in [6.45, 7) is 0. The molecule has 0 aliphatic carbocycles. The predicted molar refractivity (Wildman–Crippen MR) is 89.2 cm³/mol. The summed E-state index contributed by atoms with van der Waals surface area (Å²) >= 11 is 0. The van der Waals surface area contributed by atoms with E-state index in [9.17, 15) is 0 Å². The first kappa shape index (κ1) is 16.2. The molecule has 0 saturated heterocycles. The SMILES string of the molecule is COc1ccccc1CCCCc1ccc(OC)c(OC)c1. The van der Waals surface area contributed by atoms with Gasteiger partial charge >= 0.3 is 0 Å². The molecule has 22 heavy (non-hydrogen) atoms. The highest BCUT2D eigenvalue weighted by Crippen LogP contribution is 2.28. The second-order valence-corrected chi connectivity index (χ2v) is 5.21. The molecular formula is C19H24O3. The molecule has 0 bridgehead atoms. The lowest BCUT2D eigenvalue weighted by Crippen LogP contribution is -1.95. The van der Waals surface area contributed by atoms with Crippen LogP contribution >= 0.6 is 0 Å². The maximum absolute atomic E-state index is 5.39. The first-order valence-electron chi connectivity index (χ1n) is 7.61. The van der Waals surface area contributed by atoms with Crippen molar-refractivity contribution in [3.05, 3.63) is 53.6 Å². The largest absolute Gasteiger partial charge is 0.496 e. The molecule has 0 amide bonds. The highest BCUT2D eigenvalue weighted by Gasteiger charge is 2.05. The maximum Gasteiger partial charge on any atom is 0.160 e. The Bertz CT molecular complexity index is 593. The minimum atomic E-state index is 0.778. The van der Waals surface area contributed by atoms with E-state index in [-0.39, 0.29) is 0 Å². The van der Waals surface area contributed by atoms with Crippen LogP contribution in [-0.2, 0) is 12.8 Å². The quantitative estimate of drug-likeness (QED) is 0.681. The minimum absolute atomic E-state index is 0.778. The zero-order chi connectivity index (χ0) is 15.8. The summed E-state index contributed by atoms with van der Waals surface area (Å²) in [5.41, 5.74) is 2.55. The molecule has 0 atom stereocenters. The van der Waals surface area contributed by atoms with Crippen molar-refractivity contribution in [3.63, 3.8) is 0 Å². The zero-order valence-corrected chi connectivity index (χ0v) is 13.6. The van der Waals surface area contributed by atoms with E-state index in [0.717, 1.165) is 42.9 Å². The summed E-state index contributed by atoms with van der Waals surface area (Å²) in [4.78, 5) is 0. The van der Waals surface area contributed by atoms with Gasteiger partial charge in [-0.1, -0.05) is 24.3 Å². The van der Waals surface area contributed by atoms with Gasteiger partial charge in [-0.3, -0.25) is 0 Å².